The second-order valence-corrected chi connectivity index (χ2v) is 4.02. The van der Waals surface area contributed by atoms with Crippen molar-refractivity contribution in [1.82, 2.24) is 14.8 Å². The summed E-state index contributed by atoms with van der Waals surface area (Å²) in [6.07, 6.45) is 3.48. The van der Waals surface area contributed by atoms with Crippen molar-refractivity contribution in [2.24, 2.45) is 0 Å². The zero-order valence-corrected chi connectivity index (χ0v) is 10.1. The van der Waals surface area contributed by atoms with E-state index in [0.29, 0.717) is 5.69 Å². The average molecular weight is 246 g/mol. The van der Waals surface area contributed by atoms with Crippen LogP contribution >= 0.6 is 0 Å². The number of para-hydroxylation sites is 1. The number of benzene rings is 1. The molecule has 0 spiro atoms. The monoisotopic (exact) mass is 246 g/mol. The molecule has 0 radical (unpaired) electrons. The third kappa shape index (κ3) is 2.09. The Morgan fingerprint density at radius 2 is 1.89 bits per heavy atom. The highest BCUT2D eigenvalue weighted by Crippen LogP contribution is 2.22. The van der Waals surface area contributed by atoms with E-state index in [4.69, 9.17) is 5.26 Å². The first-order valence-electron chi connectivity index (χ1n) is 5.84. The lowest BCUT2D eigenvalue weighted by Crippen LogP contribution is -1.99. The zero-order chi connectivity index (χ0) is 13.1. The summed E-state index contributed by atoms with van der Waals surface area (Å²) < 4.78 is 1.76. The van der Waals surface area contributed by atoms with Crippen molar-refractivity contribution in [2.45, 2.75) is 0 Å². The Labute approximate surface area is 110 Å². The molecule has 0 saturated carbocycles. The molecule has 0 amide bonds. The van der Waals surface area contributed by atoms with Gasteiger partial charge >= 0.3 is 0 Å². The van der Waals surface area contributed by atoms with Gasteiger partial charge in [0.15, 0.2) is 5.69 Å². The fraction of sp³-hybridized carbons (Fsp3) is 0. The van der Waals surface area contributed by atoms with Crippen molar-refractivity contribution < 1.29 is 0 Å². The fourth-order valence-corrected chi connectivity index (χ4v) is 1.92. The van der Waals surface area contributed by atoms with Crippen LogP contribution in [0.5, 0.6) is 0 Å². The minimum absolute atomic E-state index is 0.391. The van der Waals surface area contributed by atoms with Crippen LogP contribution in [0.3, 0.4) is 0 Å². The van der Waals surface area contributed by atoms with Gasteiger partial charge < -0.3 is 0 Å². The molecule has 19 heavy (non-hydrogen) atoms. The van der Waals surface area contributed by atoms with Crippen LogP contribution in [0.25, 0.3) is 16.9 Å². The zero-order valence-electron chi connectivity index (χ0n) is 10.1. The van der Waals surface area contributed by atoms with Crippen LogP contribution < -0.4 is 0 Å². The van der Waals surface area contributed by atoms with Gasteiger partial charge in [-0.25, -0.2) is 4.68 Å². The third-order valence-corrected chi connectivity index (χ3v) is 2.78. The van der Waals surface area contributed by atoms with E-state index in [-0.39, 0.29) is 0 Å². The normalized spacial score (nSPS) is 10.1. The third-order valence-electron chi connectivity index (χ3n) is 2.78. The van der Waals surface area contributed by atoms with Crippen LogP contribution in [0.15, 0.2) is 60.9 Å². The van der Waals surface area contributed by atoms with Gasteiger partial charge in [-0.2, -0.15) is 10.4 Å². The minimum Gasteiger partial charge on any atom is -0.264 e. The SMILES string of the molecule is N#Cc1cc(-c2cccnc2)n(-c2ccccc2)n1. The van der Waals surface area contributed by atoms with E-state index >= 15 is 0 Å². The highest BCUT2D eigenvalue weighted by molar-refractivity contribution is 5.62. The molecule has 0 aliphatic heterocycles. The van der Waals surface area contributed by atoms with Gasteiger partial charge in [0.25, 0.3) is 0 Å². The van der Waals surface area contributed by atoms with Crippen LogP contribution in [0.4, 0.5) is 0 Å². The highest BCUT2D eigenvalue weighted by atomic mass is 15.3. The average Bonchev–Trinajstić information content (AvgIpc) is 2.93. The number of rotatable bonds is 2. The van der Waals surface area contributed by atoms with Crippen molar-refractivity contribution in [3.05, 3.63) is 66.6 Å². The van der Waals surface area contributed by atoms with Crippen molar-refractivity contribution in [3.63, 3.8) is 0 Å². The summed E-state index contributed by atoms with van der Waals surface area (Å²) in [5, 5.41) is 13.3. The maximum atomic E-state index is 9.03. The van der Waals surface area contributed by atoms with Crippen LogP contribution in [0.1, 0.15) is 5.69 Å². The Hall–Kier alpha value is -2.93. The minimum atomic E-state index is 0.391. The summed E-state index contributed by atoms with van der Waals surface area (Å²) in [7, 11) is 0. The predicted molar refractivity (Wildman–Crippen MR) is 71.5 cm³/mol. The van der Waals surface area contributed by atoms with Crippen molar-refractivity contribution in [2.75, 3.05) is 0 Å². The molecule has 0 aliphatic carbocycles. The molecule has 3 aromatic rings. The molecule has 2 aromatic heterocycles. The lowest BCUT2D eigenvalue weighted by molar-refractivity contribution is 0.880. The Morgan fingerprint density at radius 3 is 2.58 bits per heavy atom. The molecule has 3 rings (SSSR count). The quantitative estimate of drug-likeness (QED) is 0.698. The molecule has 4 heteroatoms. The van der Waals surface area contributed by atoms with E-state index in [9.17, 15) is 0 Å². The molecule has 90 valence electrons. The Bertz CT molecular complexity index is 667. The maximum Gasteiger partial charge on any atom is 0.163 e. The number of hydrogen-bond donors (Lipinski definition) is 0. The second-order valence-electron chi connectivity index (χ2n) is 4.02. The Morgan fingerprint density at radius 1 is 1.05 bits per heavy atom. The van der Waals surface area contributed by atoms with Gasteiger partial charge in [-0.3, -0.25) is 4.98 Å². The van der Waals surface area contributed by atoms with Gasteiger partial charge in [0.2, 0.25) is 0 Å². The Balaban J connectivity index is 2.20. The van der Waals surface area contributed by atoms with Gasteiger partial charge in [0.1, 0.15) is 6.07 Å². The number of hydrogen-bond acceptors (Lipinski definition) is 3. The molecular formula is C15H10N4. The number of aromatic nitrogens is 3. The van der Waals surface area contributed by atoms with E-state index in [1.54, 1.807) is 23.1 Å². The first-order chi connectivity index (χ1) is 9.38. The van der Waals surface area contributed by atoms with Gasteiger partial charge in [-0.1, -0.05) is 18.2 Å². The number of nitrogens with zero attached hydrogens (tertiary/aromatic N) is 4. The van der Waals surface area contributed by atoms with Crippen molar-refractivity contribution >= 4 is 0 Å². The lowest BCUT2D eigenvalue weighted by atomic mass is 10.2. The second kappa shape index (κ2) is 4.75. The Kier molecular flexibility index (Phi) is 2.79. The predicted octanol–water partition coefficient (Wildman–Crippen LogP) is 2.81. The van der Waals surface area contributed by atoms with Crippen molar-refractivity contribution in [3.8, 4) is 23.0 Å². The van der Waals surface area contributed by atoms with E-state index in [2.05, 4.69) is 16.2 Å². The van der Waals surface area contributed by atoms with Crippen LogP contribution in [-0.2, 0) is 0 Å². The molecule has 0 bridgehead atoms. The smallest absolute Gasteiger partial charge is 0.163 e. The van der Waals surface area contributed by atoms with E-state index < -0.39 is 0 Å². The summed E-state index contributed by atoms with van der Waals surface area (Å²) >= 11 is 0. The molecule has 2 heterocycles. The lowest BCUT2D eigenvalue weighted by Gasteiger charge is -2.06. The van der Waals surface area contributed by atoms with Crippen LogP contribution in [-0.4, -0.2) is 14.8 Å². The van der Waals surface area contributed by atoms with Gasteiger partial charge in [-0.15, -0.1) is 0 Å². The van der Waals surface area contributed by atoms with Crippen molar-refractivity contribution in [1.29, 1.82) is 5.26 Å². The van der Waals surface area contributed by atoms with E-state index in [1.165, 1.54) is 0 Å². The van der Waals surface area contributed by atoms with Crippen LogP contribution in [0.2, 0.25) is 0 Å². The summed E-state index contributed by atoms with van der Waals surface area (Å²) in [5.74, 6) is 0. The molecule has 0 unspecified atom stereocenters. The summed E-state index contributed by atoms with van der Waals surface area (Å²) in [6, 6.07) is 17.4. The first kappa shape index (κ1) is 11.2. The maximum absolute atomic E-state index is 9.03. The first-order valence-corrected chi connectivity index (χ1v) is 5.84. The van der Waals surface area contributed by atoms with Gasteiger partial charge in [0, 0.05) is 24.0 Å². The van der Waals surface area contributed by atoms with Gasteiger partial charge in [-0.05, 0) is 24.3 Å². The molecule has 4 nitrogen and oxygen atoms in total. The molecule has 0 saturated heterocycles. The summed E-state index contributed by atoms with van der Waals surface area (Å²) in [4.78, 5) is 4.11. The fourth-order valence-electron chi connectivity index (χ4n) is 1.92. The van der Waals surface area contributed by atoms with Gasteiger partial charge in [0.05, 0.1) is 11.4 Å². The van der Waals surface area contributed by atoms with E-state index in [0.717, 1.165) is 16.9 Å². The topological polar surface area (TPSA) is 54.5 Å². The highest BCUT2D eigenvalue weighted by Gasteiger charge is 2.11. The molecule has 1 aromatic carbocycles. The molecule has 0 atom stereocenters. The van der Waals surface area contributed by atoms with E-state index in [1.807, 2.05) is 42.5 Å². The molecule has 0 N–H and O–H groups in total. The number of pyridine rings is 1. The molecular weight excluding hydrogens is 236 g/mol. The summed E-state index contributed by atoms with van der Waals surface area (Å²) in [5.41, 5.74) is 3.10. The standard InChI is InChI=1S/C15H10N4/c16-10-13-9-15(12-5-4-8-17-11-12)19(18-13)14-6-2-1-3-7-14/h1-9,11H. The summed E-state index contributed by atoms with van der Waals surface area (Å²) in [6.45, 7) is 0. The van der Waals surface area contributed by atoms with Crippen LogP contribution in [0, 0.1) is 11.3 Å². The largest absolute Gasteiger partial charge is 0.264 e. The molecule has 0 aliphatic rings. The molecule has 0 fully saturated rings. The number of nitriles is 1.